The van der Waals surface area contributed by atoms with Gasteiger partial charge >= 0.3 is 0 Å². The molecule has 1 fully saturated rings. The Kier molecular flexibility index (Phi) is 2.49. The van der Waals surface area contributed by atoms with Crippen LogP contribution in [-0.4, -0.2) is 43.9 Å². The molecule has 0 radical (unpaired) electrons. The van der Waals surface area contributed by atoms with E-state index in [1.165, 1.54) is 6.33 Å². The van der Waals surface area contributed by atoms with Gasteiger partial charge in [-0.1, -0.05) is 6.58 Å². The molecule has 94 valence electrons. The quantitative estimate of drug-likeness (QED) is 0.706. The molecule has 3 heterocycles. The first kappa shape index (κ1) is 11.1. The fraction of sp³-hybridized carbons (Fsp3) is 0.364. The predicted molar refractivity (Wildman–Crippen MR) is 63.2 cm³/mol. The summed E-state index contributed by atoms with van der Waals surface area (Å²) in [6.07, 6.45) is 2.52. The zero-order chi connectivity index (χ0) is 12.7. The average molecular weight is 248 g/mol. The zero-order valence-corrected chi connectivity index (χ0v) is 9.54. The van der Waals surface area contributed by atoms with Gasteiger partial charge in [-0.3, -0.25) is 4.79 Å². The van der Waals surface area contributed by atoms with E-state index < -0.39 is 0 Å². The molecule has 3 rings (SSSR count). The molecule has 0 unspecified atom stereocenters. The summed E-state index contributed by atoms with van der Waals surface area (Å²) in [4.78, 5) is 22.2. The Morgan fingerprint density at radius 1 is 1.61 bits per heavy atom. The van der Waals surface area contributed by atoms with E-state index in [-0.39, 0.29) is 29.8 Å². The van der Waals surface area contributed by atoms with Crippen LogP contribution in [0.5, 0.6) is 0 Å². The highest BCUT2D eigenvalue weighted by molar-refractivity contribution is 5.69. The van der Waals surface area contributed by atoms with E-state index >= 15 is 0 Å². The van der Waals surface area contributed by atoms with Crippen molar-refractivity contribution in [2.24, 2.45) is 0 Å². The molecular weight excluding hydrogens is 236 g/mol. The second kappa shape index (κ2) is 4.04. The molecule has 0 aromatic carbocycles. The van der Waals surface area contributed by atoms with Gasteiger partial charge in [-0.05, 0) is 5.57 Å². The van der Waals surface area contributed by atoms with Crippen LogP contribution in [0.1, 0.15) is 6.04 Å². The van der Waals surface area contributed by atoms with E-state index in [0.717, 1.165) is 5.57 Å². The van der Waals surface area contributed by atoms with Gasteiger partial charge in [0.1, 0.15) is 6.10 Å². The standard InChI is InChI=1S/C11H12N4O3/c1-6-7(3-18-8(6)2-16)15-5-14-9-10(15)12-4-13-11(9)17/h4-5,7-8,16H,1-3H2,(H,12,13,17)/t7-,8-/m1/s1. The third-order valence-corrected chi connectivity index (χ3v) is 3.16. The summed E-state index contributed by atoms with van der Waals surface area (Å²) in [5.41, 5.74) is 1.27. The van der Waals surface area contributed by atoms with Crippen LogP contribution < -0.4 is 5.56 Å². The molecule has 0 bridgehead atoms. The molecule has 1 aliphatic heterocycles. The molecule has 18 heavy (non-hydrogen) atoms. The molecule has 7 heteroatoms. The number of nitrogens with zero attached hydrogens (tertiary/aromatic N) is 3. The fourth-order valence-corrected chi connectivity index (χ4v) is 2.16. The Balaban J connectivity index is 2.09. The van der Waals surface area contributed by atoms with Crippen molar-refractivity contribution in [3.63, 3.8) is 0 Å². The SMILES string of the molecule is C=C1[C@H](n2cnc3c(=O)[nH]cnc32)CO[C@@H]1CO. The van der Waals surface area contributed by atoms with Gasteiger partial charge < -0.3 is 19.4 Å². The van der Waals surface area contributed by atoms with Crippen LogP contribution >= 0.6 is 0 Å². The zero-order valence-electron chi connectivity index (χ0n) is 9.54. The molecule has 2 atom stereocenters. The third kappa shape index (κ3) is 1.48. The molecule has 1 saturated heterocycles. The number of aliphatic hydroxyl groups excluding tert-OH is 1. The summed E-state index contributed by atoms with van der Waals surface area (Å²) in [5, 5.41) is 9.13. The lowest BCUT2D eigenvalue weighted by Gasteiger charge is -2.13. The number of H-pyrrole nitrogens is 1. The predicted octanol–water partition coefficient (Wildman–Crippen LogP) is -0.392. The van der Waals surface area contributed by atoms with E-state index in [0.29, 0.717) is 12.3 Å². The lowest BCUT2D eigenvalue weighted by Crippen LogP contribution is -2.15. The molecule has 2 aromatic heterocycles. The van der Waals surface area contributed by atoms with Crippen molar-refractivity contribution in [1.82, 2.24) is 19.5 Å². The number of rotatable bonds is 2. The molecule has 0 saturated carbocycles. The van der Waals surface area contributed by atoms with Gasteiger partial charge in [0.2, 0.25) is 0 Å². The fourth-order valence-electron chi connectivity index (χ4n) is 2.16. The van der Waals surface area contributed by atoms with Crippen LogP contribution in [0.4, 0.5) is 0 Å². The average Bonchev–Trinajstić information content (AvgIpc) is 2.93. The monoisotopic (exact) mass is 248 g/mol. The van der Waals surface area contributed by atoms with Gasteiger partial charge in [0.25, 0.3) is 5.56 Å². The van der Waals surface area contributed by atoms with Crippen LogP contribution in [0.3, 0.4) is 0 Å². The van der Waals surface area contributed by atoms with Crippen molar-refractivity contribution >= 4 is 11.2 Å². The first-order valence-electron chi connectivity index (χ1n) is 5.53. The topological polar surface area (TPSA) is 93.0 Å². The highest BCUT2D eigenvalue weighted by Gasteiger charge is 2.31. The molecule has 1 aliphatic rings. The number of aliphatic hydroxyl groups is 1. The minimum absolute atomic E-state index is 0.101. The summed E-state index contributed by atoms with van der Waals surface area (Å²) in [6, 6.07) is -0.151. The van der Waals surface area contributed by atoms with Gasteiger partial charge in [0.15, 0.2) is 11.2 Å². The molecule has 0 aliphatic carbocycles. The van der Waals surface area contributed by atoms with Crippen molar-refractivity contribution in [1.29, 1.82) is 0 Å². The van der Waals surface area contributed by atoms with Gasteiger partial charge in [0.05, 0.1) is 31.9 Å². The number of aromatic nitrogens is 4. The first-order chi connectivity index (χ1) is 8.72. The third-order valence-electron chi connectivity index (χ3n) is 3.16. The van der Waals surface area contributed by atoms with Gasteiger partial charge in [-0.2, -0.15) is 0 Å². The minimum Gasteiger partial charge on any atom is -0.393 e. The second-order valence-corrected chi connectivity index (χ2v) is 4.15. The molecule has 2 N–H and O–H groups in total. The number of aromatic amines is 1. The lowest BCUT2D eigenvalue weighted by atomic mass is 10.1. The van der Waals surface area contributed by atoms with E-state index in [1.807, 2.05) is 0 Å². The van der Waals surface area contributed by atoms with Crippen LogP contribution in [-0.2, 0) is 4.74 Å². The van der Waals surface area contributed by atoms with Gasteiger partial charge in [-0.15, -0.1) is 0 Å². The van der Waals surface area contributed by atoms with E-state index in [9.17, 15) is 4.79 Å². The second-order valence-electron chi connectivity index (χ2n) is 4.15. The smallest absolute Gasteiger partial charge is 0.278 e. The summed E-state index contributed by atoms with van der Waals surface area (Å²) < 4.78 is 7.17. The maximum absolute atomic E-state index is 11.5. The normalized spacial score (nSPS) is 23.9. The van der Waals surface area contributed by atoms with Crippen molar-refractivity contribution in [2.75, 3.05) is 13.2 Å². The number of nitrogens with one attached hydrogen (secondary N) is 1. The van der Waals surface area contributed by atoms with Gasteiger partial charge in [0, 0.05) is 0 Å². The van der Waals surface area contributed by atoms with E-state index in [4.69, 9.17) is 9.84 Å². The number of hydrogen-bond donors (Lipinski definition) is 2. The molecular formula is C11H12N4O3. The largest absolute Gasteiger partial charge is 0.393 e. The van der Waals surface area contributed by atoms with Crippen molar-refractivity contribution in [2.45, 2.75) is 12.1 Å². The Labute approximate surface area is 102 Å². The Morgan fingerprint density at radius 3 is 3.17 bits per heavy atom. The summed E-state index contributed by atoms with van der Waals surface area (Å²) in [6.45, 7) is 4.22. The van der Waals surface area contributed by atoms with Crippen LogP contribution in [0.25, 0.3) is 11.2 Å². The molecule has 0 spiro atoms. The number of imidazole rings is 1. The number of ether oxygens (including phenoxy) is 1. The van der Waals surface area contributed by atoms with Gasteiger partial charge in [-0.25, -0.2) is 9.97 Å². The first-order valence-corrected chi connectivity index (χ1v) is 5.53. The van der Waals surface area contributed by atoms with E-state index in [2.05, 4.69) is 21.5 Å². The highest BCUT2D eigenvalue weighted by Crippen LogP contribution is 2.30. The molecule has 0 amide bonds. The van der Waals surface area contributed by atoms with Crippen LogP contribution in [0.2, 0.25) is 0 Å². The summed E-state index contributed by atoms with van der Waals surface area (Å²) >= 11 is 0. The summed E-state index contributed by atoms with van der Waals surface area (Å²) in [5.74, 6) is 0. The van der Waals surface area contributed by atoms with Crippen molar-refractivity contribution in [3.8, 4) is 0 Å². The number of hydrogen-bond acceptors (Lipinski definition) is 5. The van der Waals surface area contributed by atoms with E-state index in [1.54, 1.807) is 10.9 Å². The summed E-state index contributed by atoms with van der Waals surface area (Å²) in [7, 11) is 0. The van der Waals surface area contributed by atoms with Crippen molar-refractivity contribution in [3.05, 3.63) is 35.2 Å². The van der Waals surface area contributed by atoms with Crippen LogP contribution in [0, 0.1) is 0 Å². The molecule has 2 aromatic rings. The lowest BCUT2D eigenvalue weighted by molar-refractivity contribution is 0.0689. The maximum Gasteiger partial charge on any atom is 0.278 e. The Morgan fingerprint density at radius 2 is 2.44 bits per heavy atom. The maximum atomic E-state index is 11.5. The highest BCUT2D eigenvalue weighted by atomic mass is 16.5. The minimum atomic E-state index is -0.366. The Bertz CT molecular complexity index is 660. The number of fused-ring (bicyclic) bond motifs is 1. The van der Waals surface area contributed by atoms with Crippen LogP contribution in [0.15, 0.2) is 29.6 Å². The Hall–Kier alpha value is -1.99. The molecule has 7 nitrogen and oxygen atoms in total. The van der Waals surface area contributed by atoms with Crippen molar-refractivity contribution < 1.29 is 9.84 Å².